The van der Waals surface area contributed by atoms with E-state index in [9.17, 15) is 4.79 Å². The molecule has 1 aliphatic carbocycles. The summed E-state index contributed by atoms with van der Waals surface area (Å²) in [6, 6.07) is 1.33. The Morgan fingerprint density at radius 3 is 2.67 bits per heavy atom. The number of hydrogen-bond donors (Lipinski definition) is 1. The second-order valence-electron chi connectivity index (χ2n) is 8.30. The molecular formula is C22H30N4O. The zero-order valence-corrected chi connectivity index (χ0v) is 16.8. The minimum absolute atomic E-state index is 0.0710. The normalized spacial score (nSPS) is 35.4. The van der Waals surface area contributed by atoms with Gasteiger partial charge in [-0.05, 0) is 59.1 Å². The Hall–Kier alpha value is -2.06. The number of amides is 1. The monoisotopic (exact) mass is 366 g/mol. The number of nitrogens with one attached hydrogen (secondary N) is 1. The molecule has 5 heteroatoms. The summed E-state index contributed by atoms with van der Waals surface area (Å²) in [5.41, 5.74) is 6.36. The summed E-state index contributed by atoms with van der Waals surface area (Å²) in [5.74, 6) is 7.02. The average molecular weight is 367 g/mol. The number of hydrazone groups is 1. The number of hydrogen-bond acceptors (Lipinski definition) is 4. The molecular weight excluding hydrogens is 336 g/mol. The highest BCUT2D eigenvalue weighted by atomic mass is 16.2. The predicted octanol–water partition coefficient (Wildman–Crippen LogP) is 2.52. The van der Waals surface area contributed by atoms with Crippen molar-refractivity contribution in [1.82, 2.24) is 15.2 Å². The van der Waals surface area contributed by atoms with Gasteiger partial charge in [-0.3, -0.25) is 9.69 Å². The van der Waals surface area contributed by atoms with Crippen LogP contribution in [0.5, 0.6) is 0 Å². The van der Waals surface area contributed by atoms with E-state index in [-0.39, 0.29) is 23.8 Å². The highest BCUT2D eigenvalue weighted by Crippen LogP contribution is 2.39. The standard InChI is InChI=1S/C22H30N4O/c1-5-25-19-11-10-17(7-6-12-26-14(2)8-9-15(26)3)13-18(19)21-20(22(25)27)16(4)23-24-21/h10-11,14-16,18,20,23H,5,8-9,12-13H2,1-4H3/t14-,15+,16?,18?,20?. The van der Waals surface area contributed by atoms with E-state index in [4.69, 9.17) is 0 Å². The van der Waals surface area contributed by atoms with Crippen LogP contribution < -0.4 is 5.43 Å². The van der Waals surface area contributed by atoms with Gasteiger partial charge in [-0.15, -0.1) is 0 Å². The molecule has 0 aromatic heterocycles. The summed E-state index contributed by atoms with van der Waals surface area (Å²) in [7, 11) is 0. The van der Waals surface area contributed by atoms with Gasteiger partial charge in [-0.2, -0.15) is 5.10 Å². The zero-order chi connectivity index (χ0) is 19.1. The van der Waals surface area contributed by atoms with E-state index >= 15 is 0 Å². The summed E-state index contributed by atoms with van der Waals surface area (Å²) in [6.45, 7) is 10.2. The van der Waals surface area contributed by atoms with Gasteiger partial charge in [-0.25, -0.2) is 0 Å². The first kappa shape index (κ1) is 18.3. The molecule has 0 saturated carbocycles. The first-order valence-electron chi connectivity index (χ1n) is 10.3. The Morgan fingerprint density at radius 1 is 1.22 bits per heavy atom. The highest BCUT2D eigenvalue weighted by molar-refractivity contribution is 6.11. The zero-order valence-electron chi connectivity index (χ0n) is 16.8. The number of piperidine rings is 1. The van der Waals surface area contributed by atoms with E-state index in [1.165, 1.54) is 12.8 Å². The van der Waals surface area contributed by atoms with Crippen molar-refractivity contribution in [3.8, 4) is 11.8 Å². The van der Waals surface area contributed by atoms with E-state index in [0.717, 1.165) is 29.9 Å². The van der Waals surface area contributed by atoms with Crippen LogP contribution in [0.15, 0.2) is 28.5 Å². The molecule has 5 nitrogen and oxygen atoms in total. The number of carbonyl (C=O) groups excluding carboxylic acids is 1. The molecule has 0 bridgehead atoms. The number of rotatable bonds is 2. The lowest BCUT2D eigenvalue weighted by Crippen LogP contribution is -2.51. The molecule has 27 heavy (non-hydrogen) atoms. The molecule has 3 aliphatic heterocycles. The third-order valence-corrected chi connectivity index (χ3v) is 6.61. The van der Waals surface area contributed by atoms with Crippen LogP contribution in [0, 0.1) is 23.7 Å². The maximum Gasteiger partial charge on any atom is 0.237 e. The number of fused-ring (bicyclic) bond motifs is 3. The lowest BCUT2D eigenvalue weighted by atomic mass is 9.76. The van der Waals surface area contributed by atoms with Crippen molar-refractivity contribution in [3.63, 3.8) is 0 Å². The Morgan fingerprint density at radius 2 is 1.96 bits per heavy atom. The maximum absolute atomic E-state index is 12.9. The molecule has 2 fully saturated rings. The summed E-state index contributed by atoms with van der Waals surface area (Å²) >= 11 is 0. The number of nitrogens with zero attached hydrogens (tertiary/aromatic N) is 3. The SMILES string of the molecule is CCN1C(=O)C2C(=NNC2C)C2CC(C#CCN3[C@H](C)CC[C@@H]3C)=CC=C21. The van der Waals surface area contributed by atoms with E-state index in [2.05, 4.69) is 53.3 Å². The van der Waals surface area contributed by atoms with Gasteiger partial charge in [0.15, 0.2) is 0 Å². The Kier molecular flexibility index (Phi) is 4.86. The van der Waals surface area contributed by atoms with Gasteiger partial charge >= 0.3 is 0 Å². The molecule has 2 saturated heterocycles. The molecule has 144 valence electrons. The van der Waals surface area contributed by atoms with E-state index in [0.29, 0.717) is 18.6 Å². The number of likely N-dealkylation sites (tertiary alicyclic amines) is 2. The van der Waals surface area contributed by atoms with Gasteiger partial charge in [0, 0.05) is 35.8 Å². The second-order valence-corrected chi connectivity index (χ2v) is 8.30. The quantitative estimate of drug-likeness (QED) is 0.764. The summed E-state index contributed by atoms with van der Waals surface area (Å²) in [4.78, 5) is 17.3. The van der Waals surface area contributed by atoms with Gasteiger partial charge in [-0.1, -0.05) is 11.8 Å². The average Bonchev–Trinajstić information content (AvgIpc) is 3.20. The molecule has 1 N–H and O–H groups in total. The van der Waals surface area contributed by atoms with E-state index < -0.39 is 0 Å². The minimum atomic E-state index is -0.134. The van der Waals surface area contributed by atoms with Gasteiger partial charge < -0.3 is 10.3 Å². The first-order chi connectivity index (χ1) is 13.0. The molecule has 4 aliphatic rings. The second kappa shape index (κ2) is 7.16. The molecule has 0 spiro atoms. The number of carbonyl (C=O) groups is 1. The van der Waals surface area contributed by atoms with Crippen LogP contribution in [0.3, 0.4) is 0 Å². The van der Waals surface area contributed by atoms with Crippen molar-refractivity contribution in [3.05, 3.63) is 23.4 Å². The maximum atomic E-state index is 12.9. The molecule has 4 rings (SSSR count). The Balaban J connectivity index is 1.54. The van der Waals surface area contributed by atoms with Gasteiger partial charge in [0.1, 0.15) is 5.92 Å². The van der Waals surface area contributed by atoms with Crippen LogP contribution in [0.1, 0.15) is 47.0 Å². The summed E-state index contributed by atoms with van der Waals surface area (Å²) in [6.07, 6.45) is 7.57. The van der Waals surface area contributed by atoms with Crippen LogP contribution in [0.25, 0.3) is 0 Å². The van der Waals surface area contributed by atoms with Crippen LogP contribution >= 0.6 is 0 Å². The fraction of sp³-hybridized carbons (Fsp3) is 0.636. The van der Waals surface area contributed by atoms with Crippen molar-refractivity contribution in [2.24, 2.45) is 16.9 Å². The summed E-state index contributed by atoms with van der Waals surface area (Å²) < 4.78 is 0. The fourth-order valence-corrected chi connectivity index (χ4v) is 4.97. The highest BCUT2D eigenvalue weighted by Gasteiger charge is 2.48. The van der Waals surface area contributed by atoms with Crippen LogP contribution in [0.2, 0.25) is 0 Å². The van der Waals surface area contributed by atoms with Crippen molar-refractivity contribution >= 4 is 11.6 Å². The molecule has 3 heterocycles. The third kappa shape index (κ3) is 3.10. The fourth-order valence-electron chi connectivity index (χ4n) is 4.97. The minimum Gasteiger partial charge on any atom is -0.315 e. The molecule has 1 amide bonds. The topological polar surface area (TPSA) is 47.9 Å². The van der Waals surface area contributed by atoms with E-state index in [1.54, 1.807) is 0 Å². The Labute approximate surface area is 162 Å². The third-order valence-electron chi connectivity index (χ3n) is 6.61. The van der Waals surface area contributed by atoms with Crippen molar-refractivity contribution in [1.29, 1.82) is 0 Å². The molecule has 3 unspecified atom stereocenters. The first-order valence-corrected chi connectivity index (χ1v) is 10.3. The van der Waals surface area contributed by atoms with Gasteiger partial charge in [0.05, 0.1) is 18.3 Å². The van der Waals surface area contributed by atoms with Gasteiger partial charge in [0.25, 0.3) is 0 Å². The molecule has 0 radical (unpaired) electrons. The van der Waals surface area contributed by atoms with Crippen molar-refractivity contribution < 1.29 is 4.79 Å². The molecule has 0 aromatic carbocycles. The number of allylic oxidation sites excluding steroid dienone is 4. The van der Waals surface area contributed by atoms with Crippen LogP contribution in [-0.2, 0) is 4.79 Å². The molecule has 5 atom stereocenters. The lowest BCUT2D eigenvalue weighted by molar-refractivity contribution is -0.132. The van der Waals surface area contributed by atoms with Crippen molar-refractivity contribution in [2.45, 2.75) is 65.1 Å². The lowest BCUT2D eigenvalue weighted by Gasteiger charge is -2.40. The van der Waals surface area contributed by atoms with Crippen molar-refractivity contribution in [2.75, 3.05) is 13.1 Å². The van der Waals surface area contributed by atoms with Crippen LogP contribution in [0.4, 0.5) is 0 Å². The predicted molar refractivity (Wildman–Crippen MR) is 108 cm³/mol. The van der Waals surface area contributed by atoms with Gasteiger partial charge in [0.2, 0.25) is 5.91 Å². The largest absolute Gasteiger partial charge is 0.315 e. The Bertz CT molecular complexity index is 774. The van der Waals surface area contributed by atoms with Crippen LogP contribution in [-0.4, -0.2) is 52.6 Å². The molecule has 0 aromatic rings. The smallest absolute Gasteiger partial charge is 0.237 e. The summed E-state index contributed by atoms with van der Waals surface area (Å²) in [5, 5.41) is 4.53. The van der Waals surface area contributed by atoms with E-state index in [1.807, 2.05) is 18.7 Å².